The van der Waals surface area contributed by atoms with Crippen LogP contribution in [-0.2, 0) is 0 Å². The minimum Gasteiger partial charge on any atom is -0.352 e. The molecule has 94 valence electrons. The highest BCUT2D eigenvalue weighted by atomic mass is 16.1. The van der Waals surface area contributed by atoms with Crippen molar-refractivity contribution in [2.24, 2.45) is 11.7 Å². The van der Waals surface area contributed by atoms with Crippen LogP contribution in [0.25, 0.3) is 0 Å². The third-order valence-corrected chi connectivity index (χ3v) is 2.74. The first-order valence-electron chi connectivity index (χ1n) is 5.97. The number of nitrogens with two attached hydrogens (primary N) is 1. The summed E-state index contributed by atoms with van der Waals surface area (Å²) < 4.78 is 0. The van der Waals surface area contributed by atoms with E-state index in [4.69, 9.17) is 5.73 Å². The maximum Gasteiger partial charge on any atom is 0.253 e. The fourth-order valence-corrected chi connectivity index (χ4v) is 1.68. The van der Waals surface area contributed by atoms with Crippen LogP contribution in [0.4, 0.5) is 0 Å². The molecule has 4 heteroatoms. The number of nitrogens with zero attached hydrogens (tertiary/aromatic N) is 1. The molecule has 1 atom stereocenters. The molecule has 0 aliphatic rings. The molecule has 0 aromatic carbocycles. The van der Waals surface area contributed by atoms with Gasteiger partial charge in [-0.3, -0.25) is 9.78 Å². The number of carbonyl (C=O) groups excluding carboxylic acids is 1. The zero-order valence-corrected chi connectivity index (χ0v) is 10.8. The zero-order valence-electron chi connectivity index (χ0n) is 10.8. The third-order valence-electron chi connectivity index (χ3n) is 2.74. The van der Waals surface area contributed by atoms with Crippen LogP contribution in [-0.4, -0.2) is 24.0 Å². The summed E-state index contributed by atoms with van der Waals surface area (Å²) in [5, 5.41) is 2.91. The van der Waals surface area contributed by atoms with Crippen molar-refractivity contribution in [3.8, 4) is 0 Å². The van der Waals surface area contributed by atoms with Gasteiger partial charge in [-0.25, -0.2) is 0 Å². The van der Waals surface area contributed by atoms with Gasteiger partial charge in [0.25, 0.3) is 5.91 Å². The van der Waals surface area contributed by atoms with E-state index in [1.807, 2.05) is 26.0 Å². The van der Waals surface area contributed by atoms with E-state index < -0.39 is 0 Å². The monoisotopic (exact) mass is 235 g/mol. The van der Waals surface area contributed by atoms with E-state index in [0.29, 0.717) is 24.6 Å². The normalized spacial score (nSPS) is 12.2. The second-order valence-corrected chi connectivity index (χ2v) is 4.48. The van der Waals surface area contributed by atoms with Crippen LogP contribution in [0.1, 0.15) is 35.1 Å². The lowest BCUT2D eigenvalue weighted by molar-refractivity contribution is 0.0946. The van der Waals surface area contributed by atoms with Gasteiger partial charge in [0.2, 0.25) is 0 Å². The average Bonchev–Trinajstić information content (AvgIpc) is 2.26. The van der Waals surface area contributed by atoms with E-state index in [9.17, 15) is 4.79 Å². The van der Waals surface area contributed by atoms with Crippen molar-refractivity contribution in [3.05, 3.63) is 29.1 Å². The number of aromatic nitrogens is 1. The Morgan fingerprint density at radius 1 is 1.47 bits per heavy atom. The summed E-state index contributed by atoms with van der Waals surface area (Å²) in [6.07, 6.45) is 0.922. The highest BCUT2D eigenvalue weighted by molar-refractivity contribution is 5.95. The van der Waals surface area contributed by atoms with Crippen LogP contribution in [0.5, 0.6) is 0 Å². The number of hydrogen-bond donors (Lipinski definition) is 2. The summed E-state index contributed by atoms with van der Waals surface area (Å²) in [7, 11) is 0. The molecule has 4 nitrogen and oxygen atoms in total. The van der Waals surface area contributed by atoms with Gasteiger partial charge in [0.1, 0.15) is 0 Å². The minimum absolute atomic E-state index is 0.0566. The molecule has 1 aromatic heterocycles. The van der Waals surface area contributed by atoms with Crippen molar-refractivity contribution in [1.82, 2.24) is 10.3 Å². The van der Waals surface area contributed by atoms with E-state index in [-0.39, 0.29) is 5.91 Å². The van der Waals surface area contributed by atoms with Crippen molar-refractivity contribution >= 4 is 5.91 Å². The molecular weight excluding hydrogens is 214 g/mol. The molecule has 0 spiro atoms. The topological polar surface area (TPSA) is 68.0 Å². The summed E-state index contributed by atoms with van der Waals surface area (Å²) in [5.41, 5.74) is 7.81. The third kappa shape index (κ3) is 4.15. The van der Waals surface area contributed by atoms with Crippen LogP contribution in [0.3, 0.4) is 0 Å². The summed E-state index contributed by atoms with van der Waals surface area (Å²) >= 11 is 0. The van der Waals surface area contributed by atoms with E-state index in [1.165, 1.54) is 0 Å². The molecule has 0 aliphatic heterocycles. The van der Waals surface area contributed by atoms with Gasteiger partial charge in [0.15, 0.2) is 0 Å². The van der Waals surface area contributed by atoms with E-state index in [2.05, 4.69) is 17.2 Å². The van der Waals surface area contributed by atoms with Gasteiger partial charge in [0.05, 0.1) is 11.3 Å². The second-order valence-electron chi connectivity index (χ2n) is 4.48. The number of aryl methyl sites for hydroxylation is 2. The lowest BCUT2D eigenvalue weighted by Crippen LogP contribution is -2.29. The molecule has 17 heavy (non-hydrogen) atoms. The summed E-state index contributed by atoms with van der Waals surface area (Å²) in [6.45, 7) is 7.15. The Balaban J connectivity index is 2.58. The van der Waals surface area contributed by atoms with E-state index in [0.717, 1.165) is 17.8 Å². The molecule has 0 saturated carbocycles. The fourth-order valence-electron chi connectivity index (χ4n) is 1.68. The maximum atomic E-state index is 11.9. The van der Waals surface area contributed by atoms with Gasteiger partial charge in [-0.15, -0.1) is 0 Å². The Labute approximate surface area is 103 Å². The quantitative estimate of drug-likeness (QED) is 0.811. The number of carbonyl (C=O) groups is 1. The first kappa shape index (κ1) is 13.6. The molecule has 0 saturated heterocycles. The zero-order chi connectivity index (χ0) is 12.8. The molecule has 0 bridgehead atoms. The lowest BCUT2D eigenvalue weighted by Gasteiger charge is -2.12. The summed E-state index contributed by atoms with van der Waals surface area (Å²) in [4.78, 5) is 16.2. The molecule has 1 amide bonds. The Hall–Kier alpha value is -1.42. The average molecular weight is 235 g/mol. The first-order chi connectivity index (χ1) is 8.04. The molecule has 0 aliphatic carbocycles. The van der Waals surface area contributed by atoms with Gasteiger partial charge in [0, 0.05) is 12.2 Å². The molecule has 0 fully saturated rings. The van der Waals surface area contributed by atoms with Crippen LogP contribution in [0, 0.1) is 19.8 Å². The highest BCUT2D eigenvalue weighted by Crippen LogP contribution is 2.06. The summed E-state index contributed by atoms with van der Waals surface area (Å²) in [6, 6.07) is 3.67. The number of pyridine rings is 1. The Morgan fingerprint density at radius 2 is 2.18 bits per heavy atom. The van der Waals surface area contributed by atoms with Gasteiger partial charge in [-0.05, 0) is 44.9 Å². The van der Waals surface area contributed by atoms with Crippen molar-refractivity contribution in [1.29, 1.82) is 0 Å². The van der Waals surface area contributed by atoms with Gasteiger partial charge in [-0.2, -0.15) is 0 Å². The number of nitrogens with one attached hydrogen (secondary N) is 1. The van der Waals surface area contributed by atoms with Crippen LogP contribution < -0.4 is 11.1 Å². The highest BCUT2D eigenvalue weighted by Gasteiger charge is 2.10. The van der Waals surface area contributed by atoms with Crippen molar-refractivity contribution in [2.75, 3.05) is 13.1 Å². The van der Waals surface area contributed by atoms with Gasteiger partial charge in [-0.1, -0.05) is 6.92 Å². The van der Waals surface area contributed by atoms with Crippen LogP contribution >= 0.6 is 0 Å². The van der Waals surface area contributed by atoms with E-state index >= 15 is 0 Å². The number of hydrogen-bond acceptors (Lipinski definition) is 3. The standard InChI is InChI=1S/C13H21N3O/c1-9(6-7-14)8-15-13(17)12-5-4-10(2)16-11(12)3/h4-5,9H,6-8,14H2,1-3H3,(H,15,17). The Morgan fingerprint density at radius 3 is 2.76 bits per heavy atom. The molecule has 1 rings (SSSR count). The Bertz CT molecular complexity index is 390. The number of rotatable bonds is 5. The number of amides is 1. The van der Waals surface area contributed by atoms with Gasteiger partial charge < -0.3 is 11.1 Å². The molecule has 1 unspecified atom stereocenters. The molecular formula is C13H21N3O. The van der Waals surface area contributed by atoms with Crippen molar-refractivity contribution in [2.45, 2.75) is 27.2 Å². The first-order valence-corrected chi connectivity index (χ1v) is 5.97. The van der Waals surface area contributed by atoms with Gasteiger partial charge >= 0.3 is 0 Å². The minimum atomic E-state index is -0.0566. The second kappa shape index (κ2) is 6.35. The van der Waals surface area contributed by atoms with E-state index in [1.54, 1.807) is 0 Å². The molecule has 0 radical (unpaired) electrons. The maximum absolute atomic E-state index is 11.9. The van der Waals surface area contributed by atoms with Crippen LogP contribution in [0.2, 0.25) is 0 Å². The Kier molecular flexibility index (Phi) is 5.10. The predicted octanol–water partition coefficient (Wildman–Crippen LogP) is 1.41. The van der Waals surface area contributed by atoms with Crippen molar-refractivity contribution in [3.63, 3.8) is 0 Å². The molecule has 1 aromatic rings. The predicted molar refractivity (Wildman–Crippen MR) is 68.9 cm³/mol. The largest absolute Gasteiger partial charge is 0.352 e. The fraction of sp³-hybridized carbons (Fsp3) is 0.538. The smallest absolute Gasteiger partial charge is 0.253 e. The SMILES string of the molecule is Cc1ccc(C(=O)NCC(C)CCN)c(C)n1. The van der Waals surface area contributed by atoms with Crippen LogP contribution in [0.15, 0.2) is 12.1 Å². The summed E-state index contributed by atoms with van der Waals surface area (Å²) in [5.74, 6) is 0.349. The van der Waals surface area contributed by atoms with Crippen molar-refractivity contribution < 1.29 is 4.79 Å². The molecule has 1 heterocycles. The molecule has 3 N–H and O–H groups in total. The lowest BCUT2D eigenvalue weighted by atomic mass is 10.1.